The van der Waals surface area contributed by atoms with Crippen LogP contribution in [0.1, 0.15) is 2.74 Å². The van der Waals surface area contributed by atoms with Crippen LogP contribution >= 0.6 is 0 Å². The summed E-state index contributed by atoms with van der Waals surface area (Å²) in [4.78, 5) is 0. The van der Waals surface area contributed by atoms with Gasteiger partial charge in [0.15, 0.2) is 0 Å². The van der Waals surface area contributed by atoms with E-state index in [9.17, 15) is 0 Å². The van der Waals surface area contributed by atoms with Crippen LogP contribution in [0.3, 0.4) is 0 Å². The van der Waals surface area contributed by atoms with Crippen LogP contribution in [0.2, 0.25) is 0 Å². The Labute approximate surface area is 28.4 Å². The maximum atomic E-state index is 8.04. The second-order valence-corrected chi connectivity index (χ2v) is 0.333. The van der Waals surface area contributed by atoms with Gasteiger partial charge in [0.2, 0.25) is 0 Å². The Morgan fingerprint density at radius 2 is 2.75 bits per heavy atom. The van der Waals surface area contributed by atoms with Crippen molar-refractivity contribution >= 4 is 0 Å². The molecule has 0 amide bonds. The van der Waals surface area contributed by atoms with E-state index in [0.717, 1.165) is 6.08 Å². The van der Waals surface area contributed by atoms with Gasteiger partial charge in [0.05, 0.1) is 9.30 Å². The minimum atomic E-state index is -2.19. The van der Waals surface area contributed by atoms with Crippen molar-refractivity contribution in [2.24, 2.45) is 0 Å². The molecule has 0 heterocycles. The molecule has 0 aliphatic heterocycles. The first-order chi connectivity index (χ1) is 2.56. The summed E-state index contributed by atoms with van der Waals surface area (Å²) in [7, 11) is 0. The van der Waals surface area contributed by atoms with Crippen molar-refractivity contribution in [2.75, 3.05) is 6.56 Å². The van der Waals surface area contributed by atoms with E-state index in [1.54, 1.807) is 0 Å². The summed E-state index contributed by atoms with van der Waals surface area (Å²) in [5.41, 5.74) is 0. The number of rotatable bonds is 1. The van der Waals surface area contributed by atoms with E-state index < -0.39 is 6.56 Å². The maximum Gasteiger partial charge on any atom is 0.0609 e. The fourth-order valence-corrected chi connectivity index (χ4v) is 0. The number of hydrogen-bond donors (Lipinski definition) is 1. The quantitative estimate of drug-likeness (QED) is 0.427. The lowest BCUT2D eigenvalue weighted by molar-refractivity contribution is 0.343. The summed E-state index contributed by atoms with van der Waals surface area (Å²) in [5.74, 6) is 0. The summed E-state index contributed by atoms with van der Waals surface area (Å²) in [6.07, 6.45) is 0.826. The van der Waals surface area contributed by atoms with Crippen molar-refractivity contribution < 1.29 is 7.85 Å². The smallest absolute Gasteiger partial charge is 0.0609 e. The zero-order valence-electron chi connectivity index (χ0n) is 4.23. The lowest BCUT2D eigenvalue weighted by Crippen LogP contribution is -1.62. The molecule has 0 aromatic carbocycles. The van der Waals surface area contributed by atoms with Gasteiger partial charge in [-0.15, -0.1) is 6.58 Å². The third-order valence-corrected chi connectivity index (χ3v) is 0.0913. The second-order valence-electron chi connectivity index (χ2n) is 0.333. The van der Waals surface area contributed by atoms with Crippen molar-refractivity contribution in [1.82, 2.24) is 0 Å². The number of aliphatic hydroxyl groups is 1. The monoisotopic (exact) mass is 60.1 g/mol. The molecule has 0 fully saturated rings. The highest BCUT2D eigenvalue weighted by Crippen LogP contribution is 1.46. The van der Waals surface area contributed by atoms with Crippen LogP contribution in [0.4, 0.5) is 0 Å². The summed E-state index contributed by atoms with van der Waals surface area (Å²) >= 11 is 0. The molecule has 0 radical (unpaired) electrons. The molecular formula is C3H6O. The van der Waals surface area contributed by atoms with Crippen LogP contribution in [-0.4, -0.2) is 11.7 Å². The molecule has 0 atom stereocenters. The van der Waals surface area contributed by atoms with E-state index >= 15 is 0 Å². The van der Waals surface area contributed by atoms with Gasteiger partial charge in [0.1, 0.15) is 0 Å². The summed E-state index contributed by atoms with van der Waals surface area (Å²) in [6, 6.07) is 0. The molecule has 0 aliphatic rings. The average molecular weight is 60.1 g/mol. The van der Waals surface area contributed by atoms with Crippen LogP contribution < -0.4 is 0 Å². The minimum Gasteiger partial charge on any atom is -0.392 e. The Bertz CT molecular complexity index is 54.3. The molecule has 0 aromatic rings. The van der Waals surface area contributed by atoms with E-state index in [-0.39, 0.29) is 0 Å². The topological polar surface area (TPSA) is 20.2 Å². The zero-order valence-corrected chi connectivity index (χ0v) is 2.23. The van der Waals surface area contributed by atoms with Gasteiger partial charge in [0.25, 0.3) is 0 Å². The van der Waals surface area contributed by atoms with Crippen molar-refractivity contribution in [3.05, 3.63) is 12.7 Å². The van der Waals surface area contributed by atoms with Crippen LogP contribution in [-0.2, 0) is 0 Å². The third kappa shape index (κ3) is 1.70. The van der Waals surface area contributed by atoms with Gasteiger partial charge in [0, 0.05) is 0 Å². The SMILES string of the molecule is [2H]C([2H])(O)C=C. The average Bonchev–Trinajstić information content (AvgIpc) is 1.35. The molecule has 0 saturated heterocycles. The summed E-state index contributed by atoms with van der Waals surface area (Å²) < 4.78 is 12.6. The summed E-state index contributed by atoms with van der Waals surface area (Å²) in [6.45, 7) is 0.812. The fourth-order valence-electron chi connectivity index (χ4n) is 0. The van der Waals surface area contributed by atoms with E-state index in [4.69, 9.17) is 7.85 Å². The molecule has 1 N–H and O–H groups in total. The van der Waals surface area contributed by atoms with Gasteiger partial charge < -0.3 is 5.11 Å². The molecule has 0 saturated carbocycles. The Morgan fingerprint density at radius 1 is 2.50 bits per heavy atom. The largest absolute Gasteiger partial charge is 0.392 e. The van der Waals surface area contributed by atoms with Gasteiger partial charge in [-0.2, -0.15) is 0 Å². The van der Waals surface area contributed by atoms with Gasteiger partial charge in [-0.25, -0.2) is 0 Å². The molecule has 0 unspecified atom stereocenters. The van der Waals surface area contributed by atoms with E-state index in [0.29, 0.717) is 0 Å². The predicted molar refractivity (Wildman–Crippen MR) is 17.3 cm³/mol. The molecular weight excluding hydrogens is 52.0 g/mol. The molecule has 24 valence electrons. The normalized spacial score (nSPS) is 17.2. The Balaban J connectivity index is 3.45. The Morgan fingerprint density at radius 3 is 2.75 bits per heavy atom. The highest BCUT2D eigenvalue weighted by molar-refractivity contribution is 4.60. The summed E-state index contributed by atoms with van der Waals surface area (Å²) in [5, 5.41) is 8.04. The highest BCUT2D eigenvalue weighted by Gasteiger charge is 1.45. The van der Waals surface area contributed by atoms with E-state index in [1.165, 1.54) is 0 Å². The molecule has 0 aromatic heterocycles. The number of hydrogen-bond acceptors (Lipinski definition) is 1. The molecule has 0 spiro atoms. The van der Waals surface area contributed by atoms with Gasteiger partial charge >= 0.3 is 0 Å². The van der Waals surface area contributed by atoms with Crippen LogP contribution in [0.5, 0.6) is 0 Å². The molecule has 0 rings (SSSR count). The maximum absolute atomic E-state index is 8.04. The molecule has 0 bridgehead atoms. The van der Waals surface area contributed by atoms with Crippen molar-refractivity contribution in [3.63, 3.8) is 0 Å². The van der Waals surface area contributed by atoms with Gasteiger partial charge in [-0.3, -0.25) is 0 Å². The molecule has 1 heteroatoms. The Hall–Kier alpha value is -0.300. The lowest BCUT2D eigenvalue weighted by Gasteiger charge is -1.60. The zero-order chi connectivity index (χ0) is 5.21. The van der Waals surface area contributed by atoms with Crippen molar-refractivity contribution in [2.45, 2.75) is 0 Å². The minimum absolute atomic E-state index is 0.826. The van der Waals surface area contributed by atoms with Crippen LogP contribution in [0, 0.1) is 0 Å². The first-order valence-electron chi connectivity index (χ1n) is 1.92. The molecule has 0 aliphatic carbocycles. The van der Waals surface area contributed by atoms with E-state index in [1.807, 2.05) is 0 Å². The van der Waals surface area contributed by atoms with E-state index in [2.05, 4.69) is 6.58 Å². The Kier molecular flexibility index (Phi) is 0.824. The van der Waals surface area contributed by atoms with Crippen molar-refractivity contribution in [3.8, 4) is 0 Å². The molecule has 4 heavy (non-hydrogen) atoms. The standard InChI is InChI=1S/C3H6O/c1-2-3-4/h2,4H,1,3H2/i3D2. The van der Waals surface area contributed by atoms with Gasteiger partial charge in [-0.05, 0) is 0 Å². The van der Waals surface area contributed by atoms with Crippen molar-refractivity contribution in [1.29, 1.82) is 0 Å². The molecule has 1 nitrogen and oxygen atoms in total. The second kappa shape index (κ2) is 2.70. The van der Waals surface area contributed by atoms with Gasteiger partial charge in [-0.1, -0.05) is 6.08 Å². The fraction of sp³-hybridized carbons (Fsp3) is 0.333. The highest BCUT2D eigenvalue weighted by atomic mass is 16.2. The van der Waals surface area contributed by atoms with Crippen LogP contribution in [0.25, 0.3) is 0 Å². The first kappa shape index (κ1) is 1.22. The van der Waals surface area contributed by atoms with Crippen LogP contribution in [0.15, 0.2) is 12.7 Å². The predicted octanol–water partition coefficient (Wildman–Crippen LogP) is 0.165. The lowest BCUT2D eigenvalue weighted by atomic mass is 10.7. The first-order valence-corrected chi connectivity index (χ1v) is 0.921. The third-order valence-electron chi connectivity index (χ3n) is 0.0913.